The van der Waals surface area contributed by atoms with Gasteiger partial charge < -0.3 is 21.4 Å². The molecule has 0 saturated heterocycles. The number of H-pyrrole nitrogens is 1. The molecule has 5 N–H and O–H groups in total. The van der Waals surface area contributed by atoms with E-state index in [2.05, 4.69) is 21.7 Å². The van der Waals surface area contributed by atoms with Gasteiger partial charge in [-0.2, -0.15) is 0 Å². The highest BCUT2D eigenvalue weighted by molar-refractivity contribution is 6.42. The number of aromatic nitrogens is 1. The zero-order valence-corrected chi connectivity index (χ0v) is 16.5. The maximum absolute atomic E-state index is 6.21. The molecule has 4 aromatic rings. The molecule has 0 atom stereocenters. The Morgan fingerprint density at radius 1 is 0.852 bits per heavy atom. The van der Waals surface area contributed by atoms with Gasteiger partial charge in [-0.25, -0.2) is 0 Å². The summed E-state index contributed by atoms with van der Waals surface area (Å²) in [6.07, 6.45) is 0. The largest absolute Gasteiger partial charge is 0.382 e. The summed E-state index contributed by atoms with van der Waals surface area (Å²) in [6.45, 7) is 1.21. The number of hydrogen-bond acceptors (Lipinski definition) is 3. The Kier molecular flexibility index (Phi) is 5.06. The average molecular weight is 420 g/mol. The Morgan fingerprint density at radius 3 is 2.48 bits per heavy atom. The van der Waals surface area contributed by atoms with Gasteiger partial charge >= 0.3 is 0 Å². The molecule has 27 heavy (non-hydrogen) atoms. The second kappa shape index (κ2) is 7.49. The van der Waals surface area contributed by atoms with Crippen molar-refractivity contribution in [2.24, 2.45) is 5.73 Å². The molecule has 7 heteroatoms. The van der Waals surface area contributed by atoms with Crippen molar-refractivity contribution >= 4 is 73.7 Å². The van der Waals surface area contributed by atoms with Crippen molar-refractivity contribution in [3.63, 3.8) is 0 Å². The Morgan fingerprint density at radius 2 is 1.70 bits per heavy atom. The second-order valence-corrected chi connectivity index (χ2v) is 7.48. The summed E-state index contributed by atoms with van der Waals surface area (Å²) >= 11 is 18.4. The van der Waals surface area contributed by atoms with E-state index in [0.29, 0.717) is 28.2 Å². The number of hydrogen-bond donors (Lipinski definition) is 4. The van der Waals surface area contributed by atoms with E-state index >= 15 is 0 Å². The molecule has 0 radical (unpaired) electrons. The third-order valence-electron chi connectivity index (χ3n) is 4.34. The van der Waals surface area contributed by atoms with Crippen LogP contribution in [0.1, 0.15) is 0 Å². The van der Waals surface area contributed by atoms with E-state index < -0.39 is 0 Å². The molecule has 0 aliphatic carbocycles. The highest BCUT2D eigenvalue weighted by atomic mass is 35.5. The topological polar surface area (TPSA) is 65.9 Å². The number of nitrogens with two attached hydrogens (primary N) is 1. The zero-order chi connectivity index (χ0) is 19.0. The van der Waals surface area contributed by atoms with Gasteiger partial charge in [0, 0.05) is 45.8 Å². The molecule has 3 aromatic carbocycles. The normalized spacial score (nSPS) is 11.3. The van der Waals surface area contributed by atoms with Gasteiger partial charge in [0.05, 0.1) is 21.2 Å². The predicted molar refractivity (Wildman–Crippen MR) is 118 cm³/mol. The van der Waals surface area contributed by atoms with Crippen LogP contribution in [0.25, 0.3) is 21.8 Å². The monoisotopic (exact) mass is 418 g/mol. The van der Waals surface area contributed by atoms with Gasteiger partial charge in [-0.15, -0.1) is 0 Å². The number of halogens is 3. The molecule has 0 aliphatic heterocycles. The van der Waals surface area contributed by atoms with Crippen LogP contribution in [0.5, 0.6) is 0 Å². The summed E-state index contributed by atoms with van der Waals surface area (Å²) in [5.41, 5.74) is 10.5. The van der Waals surface area contributed by atoms with Crippen LogP contribution in [-0.4, -0.2) is 18.1 Å². The molecule has 0 fully saturated rings. The van der Waals surface area contributed by atoms with Crippen LogP contribution >= 0.6 is 34.8 Å². The van der Waals surface area contributed by atoms with Gasteiger partial charge in [0.2, 0.25) is 0 Å². The van der Waals surface area contributed by atoms with Crippen molar-refractivity contribution in [3.8, 4) is 0 Å². The third kappa shape index (κ3) is 3.66. The van der Waals surface area contributed by atoms with Crippen molar-refractivity contribution in [3.05, 3.63) is 63.6 Å². The summed E-state index contributed by atoms with van der Waals surface area (Å²) in [4.78, 5) is 3.46. The standard InChI is InChI=1S/C20H17Cl3N4/c21-11-1-4-18-14(7-11)15-8-13(10-19(20(15)27-18)25-6-5-24)26-12-2-3-16(22)17(23)9-12/h1-4,7-10,25-27H,5-6,24H2. The minimum atomic E-state index is 0.503. The average Bonchev–Trinajstić information content (AvgIpc) is 3.01. The lowest BCUT2D eigenvalue weighted by atomic mass is 10.1. The lowest BCUT2D eigenvalue weighted by Crippen LogP contribution is -2.13. The molecular formula is C20H17Cl3N4. The van der Waals surface area contributed by atoms with Crippen molar-refractivity contribution in [1.29, 1.82) is 0 Å². The summed E-state index contributed by atoms with van der Waals surface area (Å²) in [5.74, 6) is 0. The molecule has 1 aromatic heterocycles. The van der Waals surface area contributed by atoms with Crippen LogP contribution in [0.3, 0.4) is 0 Å². The van der Waals surface area contributed by atoms with E-state index in [1.807, 2.05) is 30.3 Å². The minimum Gasteiger partial charge on any atom is -0.382 e. The molecule has 0 saturated carbocycles. The first-order valence-corrected chi connectivity index (χ1v) is 9.59. The smallest absolute Gasteiger partial charge is 0.0702 e. The van der Waals surface area contributed by atoms with Crippen LogP contribution in [0.2, 0.25) is 15.1 Å². The van der Waals surface area contributed by atoms with Crippen LogP contribution in [0.4, 0.5) is 17.1 Å². The highest BCUT2D eigenvalue weighted by Gasteiger charge is 2.11. The number of benzene rings is 3. The van der Waals surface area contributed by atoms with Crippen molar-refractivity contribution < 1.29 is 0 Å². The van der Waals surface area contributed by atoms with Crippen molar-refractivity contribution in [1.82, 2.24) is 4.98 Å². The molecule has 0 amide bonds. The first-order valence-electron chi connectivity index (χ1n) is 8.46. The fourth-order valence-corrected chi connectivity index (χ4v) is 3.60. The second-order valence-electron chi connectivity index (χ2n) is 6.23. The summed E-state index contributed by atoms with van der Waals surface area (Å²) in [6, 6.07) is 15.4. The molecule has 0 unspecified atom stereocenters. The lowest BCUT2D eigenvalue weighted by Gasteiger charge is -2.12. The van der Waals surface area contributed by atoms with E-state index in [-0.39, 0.29) is 0 Å². The number of aromatic amines is 1. The van der Waals surface area contributed by atoms with Gasteiger partial charge in [0.15, 0.2) is 0 Å². The first kappa shape index (κ1) is 18.3. The van der Waals surface area contributed by atoms with E-state index in [0.717, 1.165) is 38.9 Å². The Bertz CT molecular complexity index is 1140. The Hall–Kier alpha value is -2.11. The molecule has 0 aliphatic rings. The van der Waals surface area contributed by atoms with E-state index in [1.165, 1.54) is 0 Å². The van der Waals surface area contributed by atoms with E-state index in [9.17, 15) is 0 Å². The fourth-order valence-electron chi connectivity index (χ4n) is 3.13. The number of rotatable bonds is 5. The quantitative estimate of drug-likeness (QED) is 0.303. The van der Waals surface area contributed by atoms with Gasteiger partial charge in [0.1, 0.15) is 0 Å². The Labute approximate surface area is 171 Å². The van der Waals surface area contributed by atoms with Crippen LogP contribution in [0, 0.1) is 0 Å². The summed E-state index contributed by atoms with van der Waals surface area (Å²) in [5, 5.41) is 10.6. The maximum Gasteiger partial charge on any atom is 0.0702 e. The number of fused-ring (bicyclic) bond motifs is 3. The van der Waals surface area contributed by atoms with Crippen LogP contribution in [0.15, 0.2) is 48.5 Å². The Balaban J connectivity index is 1.85. The zero-order valence-electron chi connectivity index (χ0n) is 14.2. The molecular weight excluding hydrogens is 403 g/mol. The maximum atomic E-state index is 6.21. The van der Waals surface area contributed by atoms with Crippen LogP contribution in [-0.2, 0) is 0 Å². The molecule has 0 bridgehead atoms. The van der Waals surface area contributed by atoms with Crippen molar-refractivity contribution in [2.45, 2.75) is 0 Å². The molecule has 1 heterocycles. The lowest BCUT2D eigenvalue weighted by molar-refractivity contribution is 1.03. The van der Waals surface area contributed by atoms with Gasteiger partial charge in [-0.05, 0) is 48.5 Å². The van der Waals surface area contributed by atoms with Gasteiger partial charge in [-0.1, -0.05) is 34.8 Å². The molecule has 4 nitrogen and oxygen atoms in total. The summed E-state index contributed by atoms with van der Waals surface area (Å²) in [7, 11) is 0. The first-order chi connectivity index (χ1) is 13.0. The third-order valence-corrected chi connectivity index (χ3v) is 5.31. The highest BCUT2D eigenvalue weighted by Crippen LogP contribution is 2.36. The molecule has 138 valence electrons. The number of nitrogens with one attached hydrogen (secondary N) is 3. The van der Waals surface area contributed by atoms with Crippen LogP contribution < -0.4 is 16.4 Å². The van der Waals surface area contributed by atoms with Gasteiger partial charge in [0.25, 0.3) is 0 Å². The molecule has 4 rings (SSSR count). The molecule has 0 spiro atoms. The van der Waals surface area contributed by atoms with E-state index in [4.69, 9.17) is 40.5 Å². The number of anilines is 3. The van der Waals surface area contributed by atoms with Crippen molar-refractivity contribution in [2.75, 3.05) is 23.7 Å². The van der Waals surface area contributed by atoms with Gasteiger partial charge in [-0.3, -0.25) is 0 Å². The van der Waals surface area contributed by atoms with E-state index in [1.54, 1.807) is 12.1 Å². The minimum absolute atomic E-state index is 0.503. The fraction of sp³-hybridized carbons (Fsp3) is 0.100. The summed E-state index contributed by atoms with van der Waals surface area (Å²) < 4.78 is 0. The predicted octanol–water partition coefficient (Wildman–Crippen LogP) is 6.40. The SMILES string of the molecule is NCCNc1cc(Nc2ccc(Cl)c(Cl)c2)cc2c1[nH]c1ccc(Cl)cc12.